The number of ether oxygens (including phenoxy) is 2. The smallest absolute Gasteiger partial charge is 0.201 e. The first kappa shape index (κ1) is 49.7. The molecular formula is C58H68F4O2. The van der Waals surface area contributed by atoms with Gasteiger partial charge in [-0.25, -0.2) is 8.78 Å². The molecule has 0 aliphatic rings. The molecule has 0 atom stereocenters. The number of rotatable bonds is 24. The second-order valence-corrected chi connectivity index (χ2v) is 16.9. The molecule has 0 saturated heterocycles. The van der Waals surface area contributed by atoms with Gasteiger partial charge in [0.2, 0.25) is 11.6 Å². The number of halogens is 4. The number of benzene rings is 6. The number of unbranched alkanes of at least 4 members (excludes halogenated alkanes) is 12. The van der Waals surface area contributed by atoms with Gasteiger partial charge in [0.1, 0.15) is 0 Å². The number of hydrogen-bond donors (Lipinski definition) is 0. The van der Waals surface area contributed by atoms with E-state index < -0.39 is 23.3 Å². The Hall–Kier alpha value is -5.36. The van der Waals surface area contributed by atoms with Crippen LogP contribution in [0.25, 0.3) is 44.5 Å². The van der Waals surface area contributed by atoms with Crippen molar-refractivity contribution in [2.45, 2.75) is 130 Å². The summed E-state index contributed by atoms with van der Waals surface area (Å²) in [6, 6.07) is 38.2. The van der Waals surface area contributed by atoms with Crippen LogP contribution in [0.5, 0.6) is 11.5 Å². The molecule has 6 heteroatoms. The molecular weight excluding hydrogens is 805 g/mol. The maximum absolute atomic E-state index is 14.8. The van der Waals surface area contributed by atoms with Gasteiger partial charge in [0, 0.05) is 11.1 Å². The van der Waals surface area contributed by atoms with Crippen LogP contribution in [0.15, 0.2) is 121 Å². The van der Waals surface area contributed by atoms with Crippen molar-refractivity contribution in [3.8, 4) is 56.0 Å². The van der Waals surface area contributed by atoms with Crippen LogP contribution in [0.2, 0.25) is 0 Å². The molecule has 0 N–H and O–H groups in total. The highest BCUT2D eigenvalue weighted by molar-refractivity contribution is 5.72. The van der Waals surface area contributed by atoms with Crippen LogP contribution in [0.1, 0.15) is 128 Å². The van der Waals surface area contributed by atoms with Crippen LogP contribution >= 0.6 is 0 Å². The van der Waals surface area contributed by atoms with Gasteiger partial charge in [-0.2, -0.15) is 8.78 Å². The van der Waals surface area contributed by atoms with E-state index >= 15 is 0 Å². The molecule has 0 unspecified atom stereocenters. The summed E-state index contributed by atoms with van der Waals surface area (Å²) < 4.78 is 69.6. The highest BCUT2D eigenvalue weighted by Crippen LogP contribution is 2.33. The SMILES string of the molecule is CCCCCCCCOc1ccc(-c2ccc(-c3ccc(C)cc3)cc2)c(F)c1F.CCCCCCCCOc1ccc(-c2ccc(-c3ccc(CCCCC)cc3)cc2)c(F)c1F. The van der Waals surface area contributed by atoms with Crippen molar-refractivity contribution < 1.29 is 27.0 Å². The number of hydrogen-bond acceptors (Lipinski definition) is 2. The first-order valence-electron chi connectivity index (χ1n) is 23.8. The van der Waals surface area contributed by atoms with Gasteiger partial charge in [0.15, 0.2) is 23.1 Å². The monoisotopic (exact) mass is 873 g/mol. The summed E-state index contributed by atoms with van der Waals surface area (Å²) in [4.78, 5) is 0. The third kappa shape index (κ3) is 15.1. The standard InChI is InChI=1S/C31H38F2O.C27H30F2O/c1-3-5-7-8-9-11-23-34-29-22-21-28(30(32)31(29)33)27-19-17-26(18-20-27)25-15-13-24(14-16-25)12-10-6-4-2;1-3-4-5-6-7-8-19-30-25-18-17-24(26(28)27(25)29)23-15-13-22(14-16-23)21-11-9-20(2)10-12-21/h13-22H,3-12,23H2,1-2H3;9-18H,3-8,19H2,1-2H3. The van der Waals surface area contributed by atoms with Crippen molar-refractivity contribution in [2.24, 2.45) is 0 Å². The van der Waals surface area contributed by atoms with Gasteiger partial charge < -0.3 is 9.47 Å². The molecule has 6 aromatic carbocycles. The lowest BCUT2D eigenvalue weighted by Gasteiger charge is -2.11. The summed E-state index contributed by atoms with van der Waals surface area (Å²) in [7, 11) is 0. The van der Waals surface area contributed by atoms with Gasteiger partial charge in [0.25, 0.3) is 0 Å². The summed E-state index contributed by atoms with van der Waals surface area (Å²) in [6.45, 7) is 9.45. The second-order valence-electron chi connectivity index (χ2n) is 16.9. The zero-order valence-corrected chi connectivity index (χ0v) is 38.6. The van der Waals surface area contributed by atoms with E-state index in [2.05, 4.69) is 69.3 Å². The molecule has 0 saturated carbocycles. The number of aryl methyl sites for hydroxylation is 2. The Morgan fingerprint density at radius 2 is 0.656 bits per heavy atom. The minimum Gasteiger partial charge on any atom is -0.490 e. The fourth-order valence-corrected chi connectivity index (χ4v) is 7.73. The molecule has 0 aliphatic heterocycles. The third-order valence-corrected chi connectivity index (χ3v) is 11.7. The zero-order chi connectivity index (χ0) is 45.5. The summed E-state index contributed by atoms with van der Waals surface area (Å²) in [5, 5.41) is 0. The average molecular weight is 873 g/mol. The van der Waals surface area contributed by atoms with Crippen LogP contribution in [0.3, 0.4) is 0 Å². The molecule has 2 nitrogen and oxygen atoms in total. The second kappa shape index (κ2) is 27.1. The molecule has 0 bridgehead atoms. The molecule has 340 valence electrons. The average Bonchev–Trinajstić information content (AvgIpc) is 3.32. The first-order valence-corrected chi connectivity index (χ1v) is 23.8. The van der Waals surface area contributed by atoms with E-state index in [1.807, 2.05) is 55.5 Å². The normalized spacial score (nSPS) is 11.0. The van der Waals surface area contributed by atoms with Gasteiger partial charge >= 0.3 is 0 Å². The van der Waals surface area contributed by atoms with Gasteiger partial charge in [0.05, 0.1) is 13.2 Å². The Balaban J connectivity index is 0.000000243. The van der Waals surface area contributed by atoms with Crippen molar-refractivity contribution in [1.82, 2.24) is 0 Å². The van der Waals surface area contributed by atoms with Crippen LogP contribution in [0.4, 0.5) is 17.6 Å². The Labute approximate surface area is 381 Å². The minimum absolute atomic E-state index is 0.00884. The molecule has 0 spiro atoms. The fourth-order valence-electron chi connectivity index (χ4n) is 7.73. The maximum atomic E-state index is 14.8. The quantitative estimate of drug-likeness (QED) is 0.0446. The predicted octanol–water partition coefficient (Wildman–Crippen LogP) is 18.1. The maximum Gasteiger partial charge on any atom is 0.201 e. The molecule has 0 fully saturated rings. The lowest BCUT2D eigenvalue weighted by molar-refractivity contribution is 0.285. The van der Waals surface area contributed by atoms with E-state index in [0.717, 1.165) is 67.2 Å². The first-order chi connectivity index (χ1) is 31.2. The predicted molar refractivity (Wildman–Crippen MR) is 260 cm³/mol. The summed E-state index contributed by atoms with van der Waals surface area (Å²) in [5.74, 6) is -3.57. The van der Waals surface area contributed by atoms with Crippen LogP contribution in [-0.2, 0) is 6.42 Å². The summed E-state index contributed by atoms with van der Waals surface area (Å²) in [6.07, 6.45) is 18.3. The fraction of sp³-hybridized carbons (Fsp3) is 0.379. The van der Waals surface area contributed by atoms with Gasteiger partial charge in [-0.05, 0) is 95.8 Å². The Bertz CT molecular complexity index is 2250. The van der Waals surface area contributed by atoms with Crippen molar-refractivity contribution in [2.75, 3.05) is 13.2 Å². The van der Waals surface area contributed by atoms with Gasteiger partial charge in [-0.3, -0.25) is 0 Å². The van der Waals surface area contributed by atoms with Crippen molar-refractivity contribution in [3.63, 3.8) is 0 Å². The largest absolute Gasteiger partial charge is 0.490 e. The minimum atomic E-state index is -0.916. The van der Waals surface area contributed by atoms with E-state index in [-0.39, 0.29) is 22.6 Å². The Morgan fingerprint density at radius 1 is 0.328 bits per heavy atom. The van der Waals surface area contributed by atoms with E-state index in [0.29, 0.717) is 24.3 Å². The third-order valence-electron chi connectivity index (χ3n) is 11.7. The molecule has 0 heterocycles. The summed E-state index contributed by atoms with van der Waals surface area (Å²) >= 11 is 0. The van der Waals surface area contributed by atoms with Crippen LogP contribution in [0, 0.1) is 30.2 Å². The zero-order valence-electron chi connectivity index (χ0n) is 38.6. The van der Waals surface area contributed by atoms with Gasteiger partial charge in [-0.1, -0.05) is 200 Å². The van der Waals surface area contributed by atoms with Crippen LogP contribution in [-0.4, -0.2) is 13.2 Å². The lowest BCUT2D eigenvalue weighted by Crippen LogP contribution is -2.01. The van der Waals surface area contributed by atoms with Crippen molar-refractivity contribution in [1.29, 1.82) is 0 Å². The molecule has 6 rings (SSSR count). The Kier molecular flexibility index (Phi) is 21.0. The van der Waals surface area contributed by atoms with E-state index in [1.165, 1.54) is 81.0 Å². The lowest BCUT2D eigenvalue weighted by atomic mass is 9.98. The van der Waals surface area contributed by atoms with E-state index in [9.17, 15) is 17.6 Å². The van der Waals surface area contributed by atoms with Crippen molar-refractivity contribution in [3.05, 3.63) is 156 Å². The highest BCUT2D eigenvalue weighted by atomic mass is 19.2. The van der Waals surface area contributed by atoms with Crippen LogP contribution < -0.4 is 9.47 Å². The topological polar surface area (TPSA) is 18.5 Å². The molecule has 0 aliphatic carbocycles. The molecule has 0 amide bonds. The van der Waals surface area contributed by atoms with Crippen molar-refractivity contribution >= 4 is 0 Å². The van der Waals surface area contributed by atoms with E-state index in [4.69, 9.17) is 9.47 Å². The highest BCUT2D eigenvalue weighted by Gasteiger charge is 2.17. The van der Waals surface area contributed by atoms with E-state index in [1.54, 1.807) is 12.1 Å². The molecule has 64 heavy (non-hydrogen) atoms. The molecule has 0 radical (unpaired) electrons. The molecule has 6 aromatic rings. The Morgan fingerprint density at radius 3 is 1.06 bits per heavy atom. The molecule has 0 aromatic heterocycles. The van der Waals surface area contributed by atoms with Gasteiger partial charge in [-0.15, -0.1) is 0 Å². The summed E-state index contributed by atoms with van der Waals surface area (Å²) in [5.41, 5.74) is 8.66.